The lowest BCUT2D eigenvalue weighted by Gasteiger charge is -2.27. The predicted octanol–water partition coefficient (Wildman–Crippen LogP) is 14.6. The van der Waals surface area contributed by atoms with Gasteiger partial charge in [-0.25, -0.2) is 0 Å². The fourth-order valence-corrected chi connectivity index (χ4v) is 10.1. The summed E-state index contributed by atoms with van der Waals surface area (Å²) < 4.78 is 7.30. The molecule has 282 valence electrons. The number of rotatable bonds is 6. The molecule has 1 atom stereocenters. The molecule has 0 bridgehead atoms. The van der Waals surface area contributed by atoms with Gasteiger partial charge >= 0.3 is 0 Å². The fourth-order valence-electron chi connectivity index (χ4n) is 10.1. The van der Waals surface area contributed by atoms with Gasteiger partial charge < -0.3 is 18.6 Å². The second-order valence-corrected chi connectivity index (χ2v) is 16.1. The van der Waals surface area contributed by atoms with E-state index in [4.69, 9.17) is 0 Å². The van der Waals surface area contributed by atoms with Crippen LogP contribution in [0.4, 0.5) is 17.1 Å². The molecular formula is C55H42N4. The third-order valence-electron chi connectivity index (χ3n) is 12.7. The molecule has 0 amide bonds. The van der Waals surface area contributed by atoms with Gasteiger partial charge in [0.15, 0.2) is 0 Å². The van der Waals surface area contributed by atoms with E-state index in [0.717, 1.165) is 42.0 Å². The van der Waals surface area contributed by atoms with Crippen molar-refractivity contribution in [2.24, 2.45) is 0 Å². The lowest BCUT2D eigenvalue weighted by atomic mass is 9.91. The Balaban J connectivity index is 0.986. The van der Waals surface area contributed by atoms with Gasteiger partial charge in [-0.2, -0.15) is 0 Å². The summed E-state index contributed by atoms with van der Waals surface area (Å²) >= 11 is 0. The monoisotopic (exact) mass is 758 g/mol. The second kappa shape index (κ2) is 13.4. The Labute approximate surface area is 343 Å². The van der Waals surface area contributed by atoms with E-state index in [9.17, 15) is 0 Å². The van der Waals surface area contributed by atoms with E-state index >= 15 is 0 Å². The summed E-state index contributed by atoms with van der Waals surface area (Å²) in [6, 6.07) is 62.5. The van der Waals surface area contributed by atoms with Crippen molar-refractivity contribution in [1.29, 1.82) is 0 Å². The Bertz CT molecular complexity index is 3240. The molecule has 1 unspecified atom stereocenters. The number of anilines is 3. The molecule has 2 aliphatic rings. The first kappa shape index (κ1) is 33.8. The van der Waals surface area contributed by atoms with Gasteiger partial charge in [0.25, 0.3) is 0 Å². The minimum atomic E-state index is 0.482. The summed E-state index contributed by atoms with van der Waals surface area (Å²) in [6.45, 7) is 2.35. The average Bonchev–Trinajstić information content (AvgIpc) is 3.94. The predicted molar refractivity (Wildman–Crippen MR) is 249 cm³/mol. The molecule has 0 N–H and O–H groups in total. The molecule has 0 fully saturated rings. The van der Waals surface area contributed by atoms with Crippen molar-refractivity contribution in [3.8, 4) is 17.1 Å². The van der Waals surface area contributed by atoms with E-state index in [-0.39, 0.29) is 0 Å². The van der Waals surface area contributed by atoms with Crippen molar-refractivity contribution >= 4 is 72.8 Å². The molecule has 2 aliphatic carbocycles. The summed E-state index contributed by atoms with van der Waals surface area (Å²) in [5.41, 5.74) is 17.2. The topological polar surface area (TPSA) is 18.0 Å². The van der Waals surface area contributed by atoms with Crippen LogP contribution in [-0.2, 0) is 6.42 Å². The normalized spacial score (nSPS) is 14.7. The largest absolute Gasteiger partial charge is 0.313 e. The van der Waals surface area contributed by atoms with Crippen LogP contribution < -0.4 is 4.90 Å². The molecule has 0 saturated carbocycles. The summed E-state index contributed by atoms with van der Waals surface area (Å²) in [4.78, 5) is 2.39. The van der Waals surface area contributed by atoms with Gasteiger partial charge in [0.05, 0.1) is 22.1 Å². The number of nitrogens with zero attached hydrogens (tertiary/aromatic N) is 4. The summed E-state index contributed by atoms with van der Waals surface area (Å²) in [7, 11) is 0. The molecule has 12 rings (SSSR count). The Morgan fingerprint density at radius 1 is 0.441 bits per heavy atom. The Kier molecular flexibility index (Phi) is 7.67. The maximum absolute atomic E-state index is 2.47. The number of fused-ring (bicyclic) bond motifs is 9. The third-order valence-corrected chi connectivity index (χ3v) is 12.7. The average molecular weight is 759 g/mol. The van der Waals surface area contributed by atoms with Crippen LogP contribution in [0.25, 0.3) is 72.8 Å². The van der Waals surface area contributed by atoms with Crippen LogP contribution in [0.15, 0.2) is 182 Å². The minimum Gasteiger partial charge on any atom is -0.313 e. The fraction of sp³-hybridized carbons (Fsp3) is 0.0909. The smallest absolute Gasteiger partial charge is 0.0541 e. The molecule has 0 aliphatic heterocycles. The molecule has 4 nitrogen and oxygen atoms in total. The highest BCUT2D eigenvalue weighted by atomic mass is 15.1. The SMILES string of the molecule is CC1CC=Cc2c1c1ccccc1n2-c1ccc(N(c2ccc(-n3c4c(c5ccccc53)C=CCC4)cc2)c2ccc(-n3c4ccccc4c4ccccc43)cc2)cc1. The molecule has 10 aromatic rings. The van der Waals surface area contributed by atoms with Crippen molar-refractivity contribution in [2.45, 2.75) is 32.1 Å². The third kappa shape index (κ3) is 5.23. The molecule has 4 heteroatoms. The van der Waals surface area contributed by atoms with E-state index in [1.54, 1.807) is 0 Å². The van der Waals surface area contributed by atoms with E-state index in [1.165, 1.54) is 77.5 Å². The van der Waals surface area contributed by atoms with Crippen molar-refractivity contribution in [3.05, 3.63) is 205 Å². The minimum absolute atomic E-state index is 0.482. The first-order valence-corrected chi connectivity index (χ1v) is 20.9. The van der Waals surface area contributed by atoms with Crippen molar-refractivity contribution < 1.29 is 0 Å². The molecule has 3 aromatic heterocycles. The van der Waals surface area contributed by atoms with Crippen molar-refractivity contribution in [3.63, 3.8) is 0 Å². The van der Waals surface area contributed by atoms with Crippen LogP contribution >= 0.6 is 0 Å². The number of aromatic nitrogens is 3. The Hall–Kier alpha value is -7.30. The van der Waals surface area contributed by atoms with Crippen LogP contribution in [0, 0.1) is 0 Å². The number of para-hydroxylation sites is 4. The molecule has 0 radical (unpaired) electrons. The first-order valence-electron chi connectivity index (χ1n) is 20.9. The number of allylic oxidation sites excluding steroid dienone is 2. The first-order chi connectivity index (χ1) is 29.2. The zero-order valence-electron chi connectivity index (χ0n) is 33.0. The molecule has 7 aromatic carbocycles. The van der Waals surface area contributed by atoms with Gasteiger partial charge in [-0.1, -0.05) is 97.9 Å². The van der Waals surface area contributed by atoms with E-state index in [0.29, 0.717) is 5.92 Å². The van der Waals surface area contributed by atoms with Gasteiger partial charge in [-0.15, -0.1) is 0 Å². The van der Waals surface area contributed by atoms with Crippen LogP contribution in [0.1, 0.15) is 48.2 Å². The van der Waals surface area contributed by atoms with Crippen LogP contribution in [0.5, 0.6) is 0 Å². The lowest BCUT2D eigenvalue weighted by molar-refractivity contribution is 0.773. The van der Waals surface area contributed by atoms with Crippen LogP contribution in [-0.4, -0.2) is 13.7 Å². The zero-order chi connectivity index (χ0) is 39.0. The summed E-state index contributed by atoms with van der Waals surface area (Å²) in [5.74, 6) is 0.482. The van der Waals surface area contributed by atoms with E-state index in [1.807, 2.05) is 0 Å². The number of benzene rings is 7. The lowest BCUT2D eigenvalue weighted by Crippen LogP contribution is -2.11. The van der Waals surface area contributed by atoms with Gasteiger partial charge in [0, 0.05) is 72.6 Å². The highest BCUT2D eigenvalue weighted by Gasteiger charge is 2.24. The molecule has 0 spiro atoms. The van der Waals surface area contributed by atoms with Gasteiger partial charge in [-0.3, -0.25) is 0 Å². The second-order valence-electron chi connectivity index (χ2n) is 16.1. The van der Waals surface area contributed by atoms with Crippen molar-refractivity contribution in [2.75, 3.05) is 4.90 Å². The highest BCUT2D eigenvalue weighted by molar-refractivity contribution is 6.09. The molecule has 0 saturated heterocycles. The van der Waals surface area contributed by atoms with Gasteiger partial charge in [0.2, 0.25) is 0 Å². The number of hydrogen-bond donors (Lipinski definition) is 0. The van der Waals surface area contributed by atoms with Crippen molar-refractivity contribution in [1.82, 2.24) is 13.7 Å². The van der Waals surface area contributed by atoms with Gasteiger partial charge in [-0.05, 0) is 134 Å². The maximum Gasteiger partial charge on any atom is 0.0541 e. The number of hydrogen-bond acceptors (Lipinski definition) is 1. The van der Waals surface area contributed by atoms with E-state index < -0.39 is 0 Å². The quantitative estimate of drug-likeness (QED) is 0.165. The Morgan fingerprint density at radius 2 is 0.898 bits per heavy atom. The maximum atomic E-state index is 2.47. The standard InChI is InChI=1S/C55H42N4/c1-37-13-12-24-54-55(37)48-18-6-11-23-53(48)59(54)43-35-29-40(30-36-43)56(38-25-31-41(32-26-38)57-49-19-7-2-14-44(49)45-15-3-8-20-50(45)57)39-27-33-42(34-28-39)58-51-21-9-4-16-46(51)47-17-5-10-22-52(47)58/h2-9,11-12,14-21,23-37H,10,13,22H2,1H3. The highest BCUT2D eigenvalue weighted by Crippen LogP contribution is 2.42. The summed E-state index contributed by atoms with van der Waals surface area (Å²) in [5, 5.41) is 5.20. The molecule has 59 heavy (non-hydrogen) atoms. The molecular weight excluding hydrogens is 717 g/mol. The molecule has 3 heterocycles. The summed E-state index contributed by atoms with van der Waals surface area (Å²) in [6.07, 6.45) is 12.4. The van der Waals surface area contributed by atoms with Crippen LogP contribution in [0.2, 0.25) is 0 Å². The zero-order valence-corrected chi connectivity index (χ0v) is 33.0. The Morgan fingerprint density at radius 3 is 1.47 bits per heavy atom. The van der Waals surface area contributed by atoms with E-state index in [2.05, 4.69) is 220 Å². The van der Waals surface area contributed by atoms with Gasteiger partial charge in [0.1, 0.15) is 0 Å². The van der Waals surface area contributed by atoms with Crippen LogP contribution in [0.3, 0.4) is 0 Å².